The lowest BCUT2D eigenvalue weighted by molar-refractivity contribution is 0.609. The van der Waals surface area contributed by atoms with E-state index in [4.69, 9.17) is 5.73 Å². The molecule has 1 aromatic heterocycles. The van der Waals surface area contributed by atoms with E-state index in [1.54, 1.807) is 0 Å². The van der Waals surface area contributed by atoms with Crippen LogP contribution in [0.25, 0.3) is 10.9 Å². The zero-order valence-electron chi connectivity index (χ0n) is 11.4. The van der Waals surface area contributed by atoms with Crippen LogP contribution in [0.4, 0.5) is 4.39 Å². The smallest absolute Gasteiger partial charge is 0.127 e. The van der Waals surface area contributed by atoms with Crippen LogP contribution in [0.2, 0.25) is 0 Å². The van der Waals surface area contributed by atoms with E-state index in [0.29, 0.717) is 5.56 Å². The molecular formula is C17H17FN2. The average Bonchev–Trinajstić information content (AvgIpc) is 2.83. The minimum Gasteiger partial charge on any atom is -0.343 e. The molecule has 0 unspecified atom stereocenters. The molecule has 0 fully saturated rings. The van der Waals surface area contributed by atoms with Crippen molar-refractivity contribution in [2.24, 2.45) is 5.73 Å². The number of aromatic nitrogens is 1. The lowest BCUT2D eigenvalue weighted by atomic mass is 10.1. The second-order valence-corrected chi connectivity index (χ2v) is 5.14. The Morgan fingerprint density at radius 2 is 1.95 bits per heavy atom. The van der Waals surface area contributed by atoms with Crippen LogP contribution < -0.4 is 5.73 Å². The standard InChI is InChI=1S/C17H17FN2/c1-12-2-5-17-14(8-12)6-7-20(17)11-13-3-4-16(18)15(9-13)10-19/h2-9H,10-11,19H2,1H3. The van der Waals surface area contributed by atoms with Crippen molar-refractivity contribution in [2.75, 3.05) is 0 Å². The van der Waals surface area contributed by atoms with Crippen LogP contribution in [0.15, 0.2) is 48.7 Å². The molecule has 0 atom stereocenters. The lowest BCUT2D eigenvalue weighted by Gasteiger charge is -2.08. The van der Waals surface area contributed by atoms with E-state index in [1.807, 2.05) is 12.1 Å². The molecule has 102 valence electrons. The number of halogens is 1. The van der Waals surface area contributed by atoms with Crippen molar-refractivity contribution in [1.29, 1.82) is 0 Å². The van der Waals surface area contributed by atoms with Gasteiger partial charge in [-0.1, -0.05) is 17.7 Å². The summed E-state index contributed by atoms with van der Waals surface area (Å²) in [6.45, 7) is 3.04. The second-order valence-electron chi connectivity index (χ2n) is 5.14. The molecule has 20 heavy (non-hydrogen) atoms. The molecule has 3 rings (SSSR count). The molecule has 0 aliphatic rings. The van der Waals surface area contributed by atoms with E-state index in [-0.39, 0.29) is 12.4 Å². The zero-order chi connectivity index (χ0) is 14.1. The molecule has 0 saturated heterocycles. The largest absolute Gasteiger partial charge is 0.343 e. The monoisotopic (exact) mass is 268 g/mol. The van der Waals surface area contributed by atoms with Crippen molar-refractivity contribution in [1.82, 2.24) is 4.57 Å². The van der Waals surface area contributed by atoms with Crippen molar-refractivity contribution >= 4 is 10.9 Å². The van der Waals surface area contributed by atoms with Crippen LogP contribution in [0.1, 0.15) is 16.7 Å². The van der Waals surface area contributed by atoms with E-state index in [0.717, 1.165) is 12.1 Å². The first kappa shape index (κ1) is 12.9. The summed E-state index contributed by atoms with van der Waals surface area (Å²) in [5.41, 5.74) is 9.62. The van der Waals surface area contributed by atoms with Gasteiger partial charge in [0.25, 0.3) is 0 Å². The SMILES string of the molecule is Cc1ccc2c(ccn2Cc2ccc(F)c(CN)c2)c1. The van der Waals surface area contributed by atoms with Crippen LogP contribution >= 0.6 is 0 Å². The van der Waals surface area contributed by atoms with Gasteiger partial charge in [0.05, 0.1) is 0 Å². The minimum absolute atomic E-state index is 0.227. The highest BCUT2D eigenvalue weighted by atomic mass is 19.1. The molecule has 0 amide bonds. The number of benzene rings is 2. The van der Waals surface area contributed by atoms with Gasteiger partial charge >= 0.3 is 0 Å². The molecular weight excluding hydrogens is 251 g/mol. The summed E-state index contributed by atoms with van der Waals surface area (Å²) in [4.78, 5) is 0. The number of aryl methyl sites for hydroxylation is 1. The lowest BCUT2D eigenvalue weighted by Crippen LogP contribution is -2.03. The van der Waals surface area contributed by atoms with E-state index >= 15 is 0 Å². The van der Waals surface area contributed by atoms with Gasteiger partial charge in [0.1, 0.15) is 5.82 Å². The van der Waals surface area contributed by atoms with Gasteiger partial charge in [-0.2, -0.15) is 0 Å². The van der Waals surface area contributed by atoms with Gasteiger partial charge in [-0.3, -0.25) is 0 Å². The van der Waals surface area contributed by atoms with Crippen LogP contribution in [0, 0.1) is 12.7 Å². The van der Waals surface area contributed by atoms with Gasteiger partial charge in [-0.05, 0) is 48.2 Å². The topological polar surface area (TPSA) is 30.9 Å². The quantitative estimate of drug-likeness (QED) is 0.773. The first-order valence-corrected chi connectivity index (χ1v) is 6.70. The highest BCUT2D eigenvalue weighted by Crippen LogP contribution is 2.19. The molecule has 2 nitrogen and oxygen atoms in total. The van der Waals surface area contributed by atoms with Crippen molar-refractivity contribution in [3.8, 4) is 0 Å². The van der Waals surface area contributed by atoms with Gasteiger partial charge < -0.3 is 10.3 Å². The van der Waals surface area contributed by atoms with Gasteiger partial charge in [-0.25, -0.2) is 4.39 Å². The Morgan fingerprint density at radius 3 is 2.75 bits per heavy atom. The van der Waals surface area contributed by atoms with E-state index in [1.165, 1.54) is 22.5 Å². The zero-order valence-corrected chi connectivity index (χ0v) is 11.4. The molecule has 0 aliphatic carbocycles. The average molecular weight is 268 g/mol. The molecule has 2 N–H and O–H groups in total. The van der Waals surface area contributed by atoms with Crippen molar-refractivity contribution in [2.45, 2.75) is 20.0 Å². The summed E-state index contributed by atoms with van der Waals surface area (Å²) in [7, 11) is 0. The van der Waals surface area contributed by atoms with Crippen LogP contribution in [-0.4, -0.2) is 4.57 Å². The third-order valence-corrected chi connectivity index (χ3v) is 3.61. The van der Waals surface area contributed by atoms with Crippen LogP contribution in [0.3, 0.4) is 0 Å². The molecule has 1 heterocycles. The van der Waals surface area contributed by atoms with Crippen molar-refractivity contribution in [3.05, 3.63) is 71.2 Å². The fourth-order valence-corrected chi connectivity index (χ4v) is 2.54. The predicted octanol–water partition coefficient (Wildman–Crippen LogP) is 3.60. The maximum absolute atomic E-state index is 13.5. The summed E-state index contributed by atoms with van der Waals surface area (Å²) in [6.07, 6.45) is 2.07. The second kappa shape index (κ2) is 5.10. The van der Waals surface area contributed by atoms with Crippen LogP contribution in [-0.2, 0) is 13.1 Å². The van der Waals surface area contributed by atoms with Crippen molar-refractivity contribution in [3.63, 3.8) is 0 Å². The Balaban J connectivity index is 1.97. The Labute approximate surface area is 117 Å². The Kier molecular flexibility index (Phi) is 3.28. The van der Waals surface area contributed by atoms with Crippen LogP contribution in [0.5, 0.6) is 0 Å². The van der Waals surface area contributed by atoms with Gasteiger partial charge in [0.15, 0.2) is 0 Å². The Morgan fingerprint density at radius 1 is 1.10 bits per heavy atom. The number of rotatable bonds is 3. The maximum atomic E-state index is 13.5. The number of nitrogens with two attached hydrogens (primary N) is 1. The summed E-state index contributed by atoms with van der Waals surface area (Å²) >= 11 is 0. The number of hydrogen-bond donors (Lipinski definition) is 1. The molecule has 0 aliphatic heterocycles. The molecule has 3 heteroatoms. The first-order valence-electron chi connectivity index (χ1n) is 6.70. The maximum Gasteiger partial charge on any atom is 0.127 e. The summed E-state index contributed by atoms with van der Waals surface area (Å²) in [6, 6.07) is 13.7. The highest BCUT2D eigenvalue weighted by Gasteiger charge is 2.05. The normalized spacial score (nSPS) is 11.2. The summed E-state index contributed by atoms with van der Waals surface area (Å²) < 4.78 is 15.6. The molecule has 0 spiro atoms. The van der Waals surface area contributed by atoms with Crippen molar-refractivity contribution < 1.29 is 4.39 Å². The molecule has 0 radical (unpaired) electrons. The molecule has 0 saturated carbocycles. The van der Waals surface area contributed by atoms with Gasteiger partial charge in [-0.15, -0.1) is 0 Å². The van der Waals surface area contributed by atoms with Gasteiger partial charge in [0, 0.05) is 30.4 Å². The number of hydrogen-bond acceptors (Lipinski definition) is 1. The fraction of sp³-hybridized carbons (Fsp3) is 0.176. The Bertz CT molecular complexity index is 759. The summed E-state index contributed by atoms with van der Waals surface area (Å²) in [5, 5.41) is 1.23. The fourth-order valence-electron chi connectivity index (χ4n) is 2.54. The minimum atomic E-state index is -0.232. The predicted molar refractivity (Wildman–Crippen MR) is 80.1 cm³/mol. The third-order valence-electron chi connectivity index (χ3n) is 3.61. The van der Waals surface area contributed by atoms with E-state index in [2.05, 4.69) is 42.0 Å². The molecule has 0 bridgehead atoms. The van der Waals surface area contributed by atoms with Gasteiger partial charge in [0.2, 0.25) is 0 Å². The molecule has 2 aromatic carbocycles. The highest BCUT2D eigenvalue weighted by molar-refractivity contribution is 5.80. The number of fused-ring (bicyclic) bond motifs is 1. The Hall–Kier alpha value is -2.13. The van der Waals surface area contributed by atoms with E-state index < -0.39 is 0 Å². The first-order chi connectivity index (χ1) is 9.67. The van der Waals surface area contributed by atoms with E-state index in [9.17, 15) is 4.39 Å². The summed E-state index contributed by atoms with van der Waals surface area (Å²) in [5.74, 6) is -0.232. The molecule has 3 aromatic rings. The number of nitrogens with zero attached hydrogens (tertiary/aromatic N) is 1. The third kappa shape index (κ3) is 2.32.